The fraction of sp³-hybridized carbons (Fsp3) is 0.200. The van der Waals surface area contributed by atoms with E-state index in [9.17, 15) is 4.79 Å². The summed E-state index contributed by atoms with van der Waals surface area (Å²) in [6, 6.07) is 1.72. The van der Waals surface area contributed by atoms with Gasteiger partial charge in [-0.05, 0) is 18.6 Å². The molecular formula is C10H8ClNO2S. The average molecular weight is 242 g/mol. The molecule has 0 radical (unpaired) electrons. The van der Waals surface area contributed by atoms with Crippen LogP contribution in [0.25, 0.3) is 10.1 Å². The van der Waals surface area contributed by atoms with Crippen molar-refractivity contribution in [1.82, 2.24) is 4.98 Å². The van der Waals surface area contributed by atoms with Crippen molar-refractivity contribution in [3.8, 4) is 0 Å². The molecule has 0 amide bonds. The smallest absolute Gasteiger partial charge is 0.348 e. The highest BCUT2D eigenvalue weighted by atomic mass is 35.5. The molecule has 0 aliphatic heterocycles. The molecule has 15 heavy (non-hydrogen) atoms. The molecule has 0 spiro atoms. The molecule has 78 valence electrons. The molecule has 0 N–H and O–H groups in total. The number of methoxy groups -OCH3 is 1. The van der Waals surface area contributed by atoms with Crippen LogP contribution >= 0.6 is 22.9 Å². The lowest BCUT2D eigenvalue weighted by atomic mass is 10.2. The molecule has 0 unspecified atom stereocenters. The van der Waals surface area contributed by atoms with Gasteiger partial charge in [-0.2, -0.15) is 0 Å². The normalized spacial score (nSPS) is 10.6. The second-order valence-electron chi connectivity index (χ2n) is 3.08. The predicted molar refractivity (Wildman–Crippen MR) is 60.7 cm³/mol. The number of esters is 1. The molecule has 2 aromatic heterocycles. The summed E-state index contributed by atoms with van der Waals surface area (Å²) in [6.07, 6.45) is 1.70. The number of carbonyl (C=O) groups is 1. The molecular weight excluding hydrogens is 234 g/mol. The molecule has 5 heteroatoms. The minimum Gasteiger partial charge on any atom is -0.465 e. The fourth-order valence-corrected chi connectivity index (χ4v) is 2.62. The van der Waals surface area contributed by atoms with E-state index in [1.165, 1.54) is 18.4 Å². The van der Waals surface area contributed by atoms with E-state index in [4.69, 9.17) is 11.6 Å². The summed E-state index contributed by atoms with van der Waals surface area (Å²) in [5.41, 5.74) is 1.01. The minimum absolute atomic E-state index is 0.341. The number of hydrogen-bond donors (Lipinski definition) is 0. The molecule has 0 saturated heterocycles. The van der Waals surface area contributed by atoms with Gasteiger partial charge in [-0.3, -0.25) is 0 Å². The van der Waals surface area contributed by atoms with Gasteiger partial charge in [-0.15, -0.1) is 11.3 Å². The van der Waals surface area contributed by atoms with Crippen LogP contribution in [-0.4, -0.2) is 18.1 Å². The number of fused-ring (bicyclic) bond motifs is 1. The van der Waals surface area contributed by atoms with Crippen LogP contribution in [0.2, 0.25) is 5.15 Å². The van der Waals surface area contributed by atoms with Crippen molar-refractivity contribution in [3.63, 3.8) is 0 Å². The lowest BCUT2D eigenvalue weighted by Gasteiger charge is -1.95. The van der Waals surface area contributed by atoms with Crippen molar-refractivity contribution in [2.75, 3.05) is 7.11 Å². The number of hydrogen-bond acceptors (Lipinski definition) is 4. The maximum Gasteiger partial charge on any atom is 0.348 e. The number of halogens is 1. The summed E-state index contributed by atoms with van der Waals surface area (Å²) in [7, 11) is 1.36. The van der Waals surface area contributed by atoms with Gasteiger partial charge in [-0.1, -0.05) is 11.6 Å². The Hall–Kier alpha value is -1.13. The first-order chi connectivity index (χ1) is 7.13. The first-order valence-electron chi connectivity index (χ1n) is 4.26. The van der Waals surface area contributed by atoms with Gasteiger partial charge in [0.25, 0.3) is 0 Å². The Morgan fingerprint density at radius 3 is 2.93 bits per heavy atom. The molecule has 0 aliphatic rings. The van der Waals surface area contributed by atoms with Crippen molar-refractivity contribution in [1.29, 1.82) is 0 Å². The maximum absolute atomic E-state index is 11.3. The quantitative estimate of drug-likeness (QED) is 0.569. The number of nitrogens with zero attached hydrogens (tertiary/aromatic N) is 1. The van der Waals surface area contributed by atoms with Crippen LogP contribution in [0, 0.1) is 6.92 Å². The first kappa shape index (κ1) is 10.4. The van der Waals surface area contributed by atoms with E-state index in [1.54, 1.807) is 12.3 Å². The molecule has 0 saturated carbocycles. The Kier molecular flexibility index (Phi) is 2.63. The van der Waals surface area contributed by atoms with Crippen LogP contribution in [0.5, 0.6) is 0 Å². The highest BCUT2D eigenvalue weighted by Gasteiger charge is 2.13. The molecule has 2 heterocycles. The predicted octanol–water partition coefficient (Wildman–Crippen LogP) is 3.04. The summed E-state index contributed by atoms with van der Waals surface area (Å²) < 4.78 is 5.64. The van der Waals surface area contributed by atoms with Crippen LogP contribution in [0.1, 0.15) is 15.2 Å². The highest BCUT2D eigenvalue weighted by Crippen LogP contribution is 2.32. The lowest BCUT2D eigenvalue weighted by molar-refractivity contribution is 0.0606. The first-order valence-corrected chi connectivity index (χ1v) is 5.46. The second-order valence-corrected chi connectivity index (χ2v) is 4.49. The highest BCUT2D eigenvalue weighted by molar-refractivity contribution is 7.21. The molecule has 2 rings (SSSR count). The van der Waals surface area contributed by atoms with Gasteiger partial charge < -0.3 is 4.74 Å². The van der Waals surface area contributed by atoms with Crippen LogP contribution in [0.15, 0.2) is 12.3 Å². The van der Waals surface area contributed by atoms with Crippen LogP contribution < -0.4 is 0 Å². The number of thiophene rings is 1. The molecule has 0 aromatic carbocycles. The summed E-state index contributed by atoms with van der Waals surface area (Å²) in [6.45, 7) is 1.93. The largest absolute Gasteiger partial charge is 0.465 e. The standard InChI is InChI=1S/C10H8ClNO2S/c1-5-4-12-9(11)6-3-7(10(13)14-2)15-8(5)6/h3-4H,1-2H3. The fourth-order valence-electron chi connectivity index (χ4n) is 1.32. The topological polar surface area (TPSA) is 39.2 Å². The molecule has 2 aromatic rings. The lowest BCUT2D eigenvalue weighted by Crippen LogP contribution is -1.96. The van der Waals surface area contributed by atoms with E-state index >= 15 is 0 Å². The van der Waals surface area contributed by atoms with E-state index in [0.29, 0.717) is 10.0 Å². The third kappa shape index (κ3) is 1.70. The van der Waals surface area contributed by atoms with Crippen LogP contribution in [-0.2, 0) is 4.74 Å². The van der Waals surface area contributed by atoms with Crippen molar-refractivity contribution < 1.29 is 9.53 Å². The molecule has 0 bridgehead atoms. The van der Waals surface area contributed by atoms with Gasteiger partial charge >= 0.3 is 5.97 Å². The Labute approximate surface area is 95.6 Å². The average Bonchev–Trinajstić information content (AvgIpc) is 2.68. The molecule has 0 aliphatic carbocycles. The Morgan fingerprint density at radius 2 is 2.33 bits per heavy atom. The van der Waals surface area contributed by atoms with Crippen molar-refractivity contribution >= 4 is 39.0 Å². The number of ether oxygens (including phenoxy) is 1. The zero-order chi connectivity index (χ0) is 11.0. The Bertz CT molecular complexity index is 496. The number of aromatic nitrogens is 1. The van der Waals surface area contributed by atoms with Gasteiger partial charge in [0.15, 0.2) is 0 Å². The number of pyridine rings is 1. The molecule has 0 atom stereocenters. The molecule has 0 fully saturated rings. The number of aryl methyl sites for hydroxylation is 1. The number of rotatable bonds is 1. The summed E-state index contributed by atoms with van der Waals surface area (Å²) >= 11 is 7.31. The monoisotopic (exact) mass is 241 g/mol. The summed E-state index contributed by atoms with van der Waals surface area (Å²) in [5, 5.41) is 1.23. The summed E-state index contributed by atoms with van der Waals surface area (Å²) in [5.74, 6) is -0.341. The van der Waals surface area contributed by atoms with Gasteiger partial charge in [0, 0.05) is 16.3 Å². The third-order valence-corrected chi connectivity index (χ3v) is 3.62. The van der Waals surface area contributed by atoms with E-state index in [0.717, 1.165) is 15.6 Å². The van der Waals surface area contributed by atoms with Crippen molar-refractivity contribution in [3.05, 3.63) is 27.9 Å². The zero-order valence-corrected chi connectivity index (χ0v) is 9.78. The Morgan fingerprint density at radius 1 is 1.60 bits per heavy atom. The SMILES string of the molecule is COC(=O)c1cc2c(Cl)ncc(C)c2s1. The van der Waals surface area contributed by atoms with Crippen LogP contribution in [0.3, 0.4) is 0 Å². The van der Waals surface area contributed by atoms with E-state index in [-0.39, 0.29) is 5.97 Å². The van der Waals surface area contributed by atoms with Gasteiger partial charge in [0.05, 0.1) is 7.11 Å². The zero-order valence-electron chi connectivity index (χ0n) is 8.20. The maximum atomic E-state index is 11.3. The van der Waals surface area contributed by atoms with Crippen LogP contribution in [0.4, 0.5) is 0 Å². The number of carbonyl (C=O) groups excluding carboxylic acids is 1. The third-order valence-electron chi connectivity index (χ3n) is 2.07. The van der Waals surface area contributed by atoms with Crippen molar-refractivity contribution in [2.45, 2.75) is 6.92 Å². The van der Waals surface area contributed by atoms with Gasteiger partial charge in [0.2, 0.25) is 0 Å². The second kappa shape index (κ2) is 3.79. The van der Waals surface area contributed by atoms with E-state index in [2.05, 4.69) is 9.72 Å². The van der Waals surface area contributed by atoms with E-state index in [1.807, 2.05) is 6.92 Å². The van der Waals surface area contributed by atoms with Crippen molar-refractivity contribution in [2.24, 2.45) is 0 Å². The van der Waals surface area contributed by atoms with Gasteiger partial charge in [-0.25, -0.2) is 9.78 Å². The summed E-state index contributed by atoms with van der Waals surface area (Å²) in [4.78, 5) is 15.9. The molecule has 3 nitrogen and oxygen atoms in total. The minimum atomic E-state index is -0.341. The van der Waals surface area contributed by atoms with Gasteiger partial charge in [0.1, 0.15) is 10.0 Å². The van der Waals surface area contributed by atoms with E-state index < -0.39 is 0 Å². The Balaban J connectivity index is 2.70.